The topological polar surface area (TPSA) is 9.23 Å². The van der Waals surface area contributed by atoms with E-state index in [1.54, 1.807) is 7.11 Å². The molecule has 0 aromatic heterocycles. The Morgan fingerprint density at radius 2 is 1.85 bits per heavy atom. The molecule has 0 radical (unpaired) electrons. The van der Waals surface area contributed by atoms with Crippen LogP contribution in [0, 0.1) is 11.3 Å². The molecule has 0 unspecified atom stereocenters. The highest BCUT2D eigenvalue weighted by Crippen LogP contribution is 2.39. The molecule has 1 rings (SSSR count). The van der Waals surface area contributed by atoms with Gasteiger partial charge in [0.05, 0.1) is 6.10 Å². The zero-order valence-corrected chi connectivity index (χ0v) is 9.14. The summed E-state index contributed by atoms with van der Waals surface area (Å²) < 4.78 is 18.6. The Morgan fingerprint density at radius 3 is 2.23 bits per heavy atom. The van der Waals surface area contributed by atoms with Crippen molar-refractivity contribution in [1.29, 1.82) is 0 Å². The van der Waals surface area contributed by atoms with Crippen molar-refractivity contribution in [2.24, 2.45) is 11.3 Å². The Bertz CT molecular complexity index is 162. The van der Waals surface area contributed by atoms with Crippen molar-refractivity contribution in [3.63, 3.8) is 0 Å². The van der Waals surface area contributed by atoms with E-state index < -0.39 is 6.17 Å². The average Bonchev–Trinajstić information content (AvgIpc) is 2.02. The van der Waals surface area contributed by atoms with E-state index in [2.05, 4.69) is 20.8 Å². The quantitative estimate of drug-likeness (QED) is 0.614. The summed E-state index contributed by atoms with van der Waals surface area (Å²) in [5.41, 5.74) is 0.239. The second-order valence-corrected chi connectivity index (χ2v) is 5.17. The zero-order valence-electron chi connectivity index (χ0n) is 9.14. The Labute approximate surface area is 80.7 Å². The molecule has 0 bridgehead atoms. The highest BCUT2D eigenvalue weighted by molar-refractivity contribution is 4.86. The van der Waals surface area contributed by atoms with E-state index >= 15 is 0 Å². The molecular weight excluding hydrogens is 167 g/mol. The van der Waals surface area contributed by atoms with Crippen molar-refractivity contribution in [2.45, 2.75) is 52.3 Å². The third-order valence-electron chi connectivity index (χ3n) is 3.24. The van der Waals surface area contributed by atoms with Crippen LogP contribution in [-0.4, -0.2) is 19.4 Å². The molecule has 0 aromatic rings. The maximum Gasteiger partial charge on any atom is 0.126 e. The highest BCUT2D eigenvalue weighted by Gasteiger charge is 2.35. The lowest BCUT2D eigenvalue weighted by atomic mass is 9.71. The molecule has 1 nitrogen and oxygen atoms in total. The van der Waals surface area contributed by atoms with Crippen molar-refractivity contribution in [2.75, 3.05) is 7.11 Å². The van der Waals surface area contributed by atoms with Gasteiger partial charge in [0.15, 0.2) is 0 Å². The first-order valence-electron chi connectivity index (χ1n) is 5.12. The lowest BCUT2D eigenvalue weighted by Crippen LogP contribution is -2.36. The molecule has 2 heteroatoms. The van der Waals surface area contributed by atoms with Crippen LogP contribution in [0.15, 0.2) is 0 Å². The lowest BCUT2D eigenvalue weighted by molar-refractivity contribution is -0.0266. The van der Waals surface area contributed by atoms with Gasteiger partial charge in [0, 0.05) is 7.11 Å². The van der Waals surface area contributed by atoms with Gasteiger partial charge in [0.1, 0.15) is 6.17 Å². The summed E-state index contributed by atoms with van der Waals surface area (Å²) in [6.07, 6.45) is 1.73. The smallest absolute Gasteiger partial charge is 0.126 e. The average molecular weight is 188 g/mol. The minimum atomic E-state index is -0.761. The van der Waals surface area contributed by atoms with E-state index in [0.29, 0.717) is 12.3 Å². The minimum absolute atomic E-state index is 0.154. The number of ether oxygens (including phenoxy) is 1. The van der Waals surface area contributed by atoms with Gasteiger partial charge in [-0.1, -0.05) is 20.8 Å². The highest BCUT2D eigenvalue weighted by atomic mass is 19.1. The fourth-order valence-electron chi connectivity index (χ4n) is 2.14. The normalized spacial score (nSPS) is 36.2. The summed E-state index contributed by atoms with van der Waals surface area (Å²) >= 11 is 0. The first kappa shape index (κ1) is 11.0. The van der Waals surface area contributed by atoms with Gasteiger partial charge in [-0.25, -0.2) is 4.39 Å². The van der Waals surface area contributed by atoms with Gasteiger partial charge in [0.25, 0.3) is 0 Å². The number of hydrogen-bond donors (Lipinski definition) is 0. The van der Waals surface area contributed by atoms with Crippen molar-refractivity contribution >= 4 is 0 Å². The van der Waals surface area contributed by atoms with Crippen molar-refractivity contribution in [3.8, 4) is 0 Å². The summed E-state index contributed by atoms with van der Waals surface area (Å²) in [6.45, 7) is 6.58. The number of methoxy groups -OCH3 is 1. The van der Waals surface area contributed by atoms with Crippen LogP contribution in [0.3, 0.4) is 0 Å². The second-order valence-electron chi connectivity index (χ2n) is 5.17. The maximum atomic E-state index is 13.5. The predicted octanol–water partition coefficient (Wildman–Crippen LogP) is 3.19. The Balaban J connectivity index is 2.51. The van der Waals surface area contributed by atoms with Crippen LogP contribution in [0.25, 0.3) is 0 Å². The number of hydrogen-bond acceptors (Lipinski definition) is 1. The molecule has 0 amide bonds. The first-order chi connectivity index (χ1) is 5.95. The van der Waals surface area contributed by atoms with Gasteiger partial charge in [-0.3, -0.25) is 0 Å². The summed E-state index contributed by atoms with van der Waals surface area (Å²) in [7, 11) is 1.61. The van der Waals surface area contributed by atoms with Crippen molar-refractivity contribution < 1.29 is 9.13 Å². The zero-order chi connectivity index (χ0) is 10.1. The summed E-state index contributed by atoms with van der Waals surface area (Å²) in [5.74, 6) is 0.508. The van der Waals surface area contributed by atoms with Crippen LogP contribution in [-0.2, 0) is 4.74 Å². The fraction of sp³-hybridized carbons (Fsp3) is 1.00. The predicted molar refractivity (Wildman–Crippen MR) is 52.5 cm³/mol. The van der Waals surface area contributed by atoms with E-state index in [0.717, 1.165) is 12.8 Å². The molecule has 0 aromatic carbocycles. The molecule has 0 N–H and O–H groups in total. The van der Waals surface area contributed by atoms with E-state index in [-0.39, 0.29) is 11.5 Å². The Kier molecular flexibility index (Phi) is 3.33. The molecule has 1 aliphatic carbocycles. The van der Waals surface area contributed by atoms with Crippen molar-refractivity contribution in [1.82, 2.24) is 0 Å². The maximum absolute atomic E-state index is 13.5. The van der Waals surface area contributed by atoms with E-state index in [1.807, 2.05) is 0 Å². The molecule has 0 aliphatic heterocycles. The van der Waals surface area contributed by atoms with Crippen molar-refractivity contribution in [3.05, 3.63) is 0 Å². The fourth-order valence-corrected chi connectivity index (χ4v) is 2.14. The number of halogens is 1. The Morgan fingerprint density at radius 1 is 1.23 bits per heavy atom. The molecule has 0 spiro atoms. The number of alkyl halides is 1. The van der Waals surface area contributed by atoms with Crippen LogP contribution < -0.4 is 0 Å². The van der Waals surface area contributed by atoms with Gasteiger partial charge >= 0.3 is 0 Å². The van der Waals surface area contributed by atoms with Gasteiger partial charge < -0.3 is 4.74 Å². The lowest BCUT2D eigenvalue weighted by Gasteiger charge is -2.38. The molecule has 3 atom stereocenters. The summed E-state index contributed by atoms with van der Waals surface area (Å²) in [4.78, 5) is 0. The monoisotopic (exact) mass is 188 g/mol. The van der Waals surface area contributed by atoms with Crippen LogP contribution in [0.5, 0.6) is 0 Å². The van der Waals surface area contributed by atoms with Crippen LogP contribution >= 0.6 is 0 Å². The molecule has 78 valence electrons. The molecule has 1 saturated carbocycles. The summed E-state index contributed by atoms with van der Waals surface area (Å²) in [5, 5.41) is 0. The van der Waals surface area contributed by atoms with Crippen LogP contribution in [0.4, 0.5) is 4.39 Å². The summed E-state index contributed by atoms with van der Waals surface area (Å²) in [6, 6.07) is 0. The van der Waals surface area contributed by atoms with E-state index in [4.69, 9.17) is 4.74 Å². The molecule has 0 saturated heterocycles. The third-order valence-corrected chi connectivity index (χ3v) is 3.24. The first-order valence-corrected chi connectivity index (χ1v) is 5.12. The SMILES string of the molecule is CO[C@H]1CC[C@H](C(C)(C)C)C[C@H]1F. The largest absolute Gasteiger partial charge is 0.378 e. The molecular formula is C11H21FO. The van der Waals surface area contributed by atoms with E-state index in [9.17, 15) is 4.39 Å². The standard InChI is InChI=1S/C11H21FO/c1-11(2,3)8-5-6-10(13-4)9(12)7-8/h8-10H,5-7H2,1-4H3/t8-,9+,10-/m0/s1. The molecule has 0 heterocycles. The van der Waals surface area contributed by atoms with Gasteiger partial charge in [-0.2, -0.15) is 0 Å². The molecule has 1 fully saturated rings. The minimum Gasteiger partial charge on any atom is -0.378 e. The van der Waals surface area contributed by atoms with Gasteiger partial charge in [-0.05, 0) is 30.6 Å². The molecule has 1 aliphatic rings. The van der Waals surface area contributed by atoms with E-state index in [1.165, 1.54) is 0 Å². The molecule has 13 heavy (non-hydrogen) atoms. The second kappa shape index (κ2) is 3.95. The number of rotatable bonds is 1. The van der Waals surface area contributed by atoms with Crippen LogP contribution in [0.1, 0.15) is 40.0 Å². The Hall–Kier alpha value is -0.110. The van der Waals surface area contributed by atoms with Crippen LogP contribution in [0.2, 0.25) is 0 Å². The third kappa shape index (κ3) is 2.67. The van der Waals surface area contributed by atoms with Gasteiger partial charge in [0.2, 0.25) is 0 Å². The van der Waals surface area contributed by atoms with Gasteiger partial charge in [-0.15, -0.1) is 0 Å².